The van der Waals surface area contributed by atoms with Crippen LogP contribution in [0.5, 0.6) is 0 Å². The maximum Gasteiger partial charge on any atom is 0.294 e. The monoisotopic (exact) mass is 157 g/mol. The Morgan fingerprint density at radius 1 is 1.80 bits per heavy atom. The highest BCUT2D eigenvalue weighted by atomic mass is 32.1. The Hall–Kier alpha value is -0.870. The molecule has 1 atom stereocenters. The molecule has 0 aliphatic heterocycles. The van der Waals surface area contributed by atoms with Gasteiger partial charge in [0, 0.05) is 5.56 Å². The van der Waals surface area contributed by atoms with Gasteiger partial charge in [0.2, 0.25) is 0 Å². The predicted octanol–water partition coefficient (Wildman–Crippen LogP) is 0.878. The molecule has 0 radical (unpaired) electrons. The third kappa shape index (κ3) is 1.55. The van der Waals surface area contributed by atoms with Crippen LogP contribution in [0, 0.1) is 0 Å². The Bertz CT molecular complexity index is 198. The average Bonchev–Trinajstić information content (AvgIpc) is 2.38. The molecule has 1 aromatic heterocycles. The summed E-state index contributed by atoms with van der Waals surface area (Å²) in [6.07, 6.45) is -0.608. The Morgan fingerprint density at radius 3 is 3.10 bits per heavy atom. The lowest BCUT2D eigenvalue weighted by Crippen LogP contribution is -2.12. The molecule has 1 rings (SSSR count). The number of hydrogen-bond acceptors (Lipinski definition) is 4. The summed E-state index contributed by atoms with van der Waals surface area (Å²) in [6, 6.07) is 1.82. The first-order chi connectivity index (χ1) is 4.84. The number of carbonyl (C=O) groups excluding carboxylic acids is 1. The van der Waals surface area contributed by atoms with E-state index in [0.717, 1.165) is 5.56 Å². The van der Waals surface area contributed by atoms with Gasteiger partial charge in [-0.1, -0.05) is 0 Å². The summed E-state index contributed by atoms with van der Waals surface area (Å²) in [5.41, 5.74) is 6.23. The molecule has 4 heteroatoms. The molecule has 0 fully saturated rings. The number of ether oxygens (including phenoxy) is 1. The van der Waals surface area contributed by atoms with Crippen molar-refractivity contribution in [3.8, 4) is 0 Å². The molecule has 0 aliphatic carbocycles. The molecule has 0 aromatic carbocycles. The molecule has 0 saturated heterocycles. The van der Waals surface area contributed by atoms with Crippen molar-refractivity contribution in [2.45, 2.75) is 6.23 Å². The van der Waals surface area contributed by atoms with Crippen LogP contribution in [0.1, 0.15) is 11.8 Å². The van der Waals surface area contributed by atoms with Gasteiger partial charge < -0.3 is 4.74 Å². The zero-order chi connectivity index (χ0) is 7.40. The predicted molar refractivity (Wildman–Crippen MR) is 38.4 cm³/mol. The van der Waals surface area contributed by atoms with Crippen LogP contribution >= 0.6 is 11.3 Å². The Labute approximate surface area is 62.4 Å². The second-order valence-electron chi connectivity index (χ2n) is 1.71. The van der Waals surface area contributed by atoms with Gasteiger partial charge in [-0.25, -0.2) is 0 Å². The summed E-state index contributed by atoms with van der Waals surface area (Å²) in [5, 5.41) is 3.72. The van der Waals surface area contributed by atoms with Crippen LogP contribution in [0.3, 0.4) is 0 Å². The molecule has 54 valence electrons. The highest BCUT2D eigenvalue weighted by Gasteiger charge is 2.04. The molecule has 2 N–H and O–H groups in total. The van der Waals surface area contributed by atoms with E-state index in [0.29, 0.717) is 6.47 Å². The van der Waals surface area contributed by atoms with Crippen LogP contribution in [-0.4, -0.2) is 6.47 Å². The van der Waals surface area contributed by atoms with E-state index in [4.69, 9.17) is 5.73 Å². The van der Waals surface area contributed by atoms with E-state index in [-0.39, 0.29) is 0 Å². The van der Waals surface area contributed by atoms with Gasteiger partial charge in [-0.2, -0.15) is 11.3 Å². The lowest BCUT2D eigenvalue weighted by molar-refractivity contribution is -0.133. The first-order valence-corrected chi connectivity index (χ1v) is 3.65. The van der Waals surface area contributed by atoms with Crippen LogP contribution in [0.4, 0.5) is 0 Å². The molecular weight excluding hydrogens is 150 g/mol. The maximum atomic E-state index is 9.81. The Morgan fingerprint density at radius 2 is 2.60 bits per heavy atom. The third-order valence-corrected chi connectivity index (χ3v) is 1.78. The Kier molecular flexibility index (Phi) is 2.42. The molecule has 0 amide bonds. The molecule has 1 aromatic rings. The van der Waals surface area contributed by atoms with Crippen molar-refractivity contribution in [2.24, 2.45) is 5.73 Å². The fraction of sp³-hybridized carbons (Fsp3) is 0.167. The summed E-state index contributed by atoms with van der Waals surface area (Å²) < 4.78 is 4.49. The average molecular weight is 157 g/mol. The van der Waals surface area contributed by atoms with Crippen molar-refractivity contribution >= 4 is 17.8 Å². The van der Waals surface area contributed by atoms with E-state index in [9.17, 15) is 4.79 Å². The van der Waals surface area contributed by atoms with Crippen molar-refractivity contribution in [2.75, 3.05) is 0 Å². The van der Waals surface area contributed by atoms with Crippen molar-refractivity contribution in [3.05, 3.63) is 22.4 Å². The number of thiophene rings is 1. The van der Waals surface area contributed by atoms with E-state index in [2.05, 4.69) is 4.74 Å². The first-order valence-electron chi connectivity index (χ1n) is 2.71. The van der Waals surface area contributed by atoms with Crippen LogP contribution < -0.4 is 5.73 Å². The molecule has 0 bridgehead atoms. The zero-order valence-corrected chi connectivity index (χ0v) is 6.01. The largest absolute Gasteiger partial charge is 0.445 e. The number of hydrogen-bond donors (Lipinski definition) is 1. The minimum absolute atomic E-state index is 0.350. The molecule has 10 heavy (non-hydrogen) atoms. The fourth-order valence-corrected chi connectivity index (χ4v) is 1.26. The normalized spacial score (nSPS) is 12.5. The quantitative estimate of drug-likeness (QED) is 0.523. The maximum absolute atomic E-state index is 9.81. The van der Waals surface area contributed by atoms with Gasteiger partial charge in [0.05, 0.1) is 0 Å². The van der Waals surface area contributed by atoms with Gasteiger partial charge >= 0.3 is 0 Å². The van der Waals surface area contributed by atoms with Crippen molar-refractivity contribution in [1.82, 2.24) is 0 Å². The highest BCUT2D eigenvalue weighted by molar-refractivity contribution is 7.07. The van der Waals surface area contributed by atoms with E-state index < -0.39 is 6.23 Å². The van der Waals surface area contributed by atoms with Gasteiger partial charge in [0.25, 0.3) is 6.47 Å². The standard InChI is InChI=1S/C6H7NO2S/c7-6(9-4-8)5-1-2-10-3-5/h1-4,6H,7H2. The third-order valence-electron chi connectivity index (χ3n) is 1.07. The van der Waals surface area contributed by atoms with E-state index in [1.807, 2.05) is 16.8 Å². The summed E-state index contributed by atoms with van der Waals surface area (Å²) >= 11 is 1.52. The summed E-state index contributed by atoms with van der Waals surface area (Å²) in [5.74, 6) is 0. The fourth-order valence-electron chi connectivity index (χ4n) is 0.575. The van der Waals surface area contributed by atoms with E-state index >= 15 is 0 Å². The number of carbonyl (C=O) groups is 1. The van der Waals surface area contributed by atoms with Crippen LogP contribution in [0.2, 0.25) is 0 Å². The first kappa shape index (κ1) is 7.24. The second-order valence-corrected chi connectivity index (χ2v) is 2.49. The molecule has 0 aliphatic rings. The van der Waals surface area contributed by atoms with Crippen LogP contribution in [-0.2, 0) is 9.53 Å². The topological polar surface area (TPSA) is 52.3 Å². The lowest BCUT2D eigenvalue weighted by atomic mass is 10.3. The minimum Gasteiger partial charge on any atom is -0.445 e. The molecule has 0 saturated carbocycles. The van der Waals surface area contributed by atoms with Gasteiger partial charge in [0.15, 0.2) is 6.23 Å². The molecule has 0 spiro atoms. The van der Waals surface area contributed by atoms with E-state index in [1.54, 1.807) is 0 Å². The van der Waals surface area contributed by atoms with Gasteiger partial charge in [-0.15, -0.1) is 0 Å². The zero-order valence-electron chi connectivity index (χ0n) is 5.19. The highest BCUT2D eigenvalue weighted by Crippen LogP contribution is 2.13. The second kappa shape index (κ2) is 3.34. The summed E-state index contributed by atoms with van der Waals surface area (Å²) in [7, 11) is 0. The van der Waals surface area contributed by atoms with Crippen LogP contribution in [0.15, 0.2) is 16.8 Å². The van der Waals surface area contributed by atoms with Crippen molar-refractivity contribution in [1.29, 1.82) is 0 Å². The Balaban J connectivity index is 2.58. The van der Waals surface area contributed by atoms with E-state index in [1.165, 1.54) is 11.3 Å². The number of rotatable bonds is 3. The van der Waals surface area contributed by atoms with Gasteiger partial charge in [0.1, 0.15) is 0 Å². The smallest absolute Gasteiger partial charge is 0.294 e. The molecule has 3 nitrogen and oxygen atoms in total. The summed E-state index contributed by atoms with van der Waals surface area (Å²) in [6.45, 7) is 0.350. The molecule has 1 unspecified atom stereocenters. The SMILES string of the molecule is NC(OC=O)c1ccsc1. The molecular formula is C6H7NO2S. The number of nitrogens with two attached hydrogens (primary N) is 1. The van der Waals surface area contributed by atoms with Gasteiger partial charge in [-0.05, 0) is 16.8 Å². The van der Waals surface area contributed by atoms with Gasteiger partial charge in [-0.3, -0.25) is 10.5 Å². The summed E-state index contributed by atoms with van der Waals surface area (Å²) in [4.78, 5) is 9.81. The van der Waals surface area contributed by atoms with Crippen LogP contribution in [0.25, 0.3) is 0 Å². The minimum atomic E-state index is -0.608. The lowest BCUT2D eigenvalue weighted by Gasteiger charge is -2.05. The van der Waals surface area contributed by atoms with Crippen molar-refractivity contribution < 1.29 is 9.53 Å². The van der Waals surface area contributed by atoms with Crippen molar-refractivity contribution in [3.63, 3.8) is 0 Å². The molecule has 1 heterocycles.